The van der Waals surface area contributed by atoms with Crippen molar-refractivity contribution in [3.8, 4) is 11.8 Å². The number of hydrogen-bond acceptors (Lipinski definition) is 9. The van der Waals surface area contributed by atoms with Crippen molar-refractivity contribution < 1.29 is 29.6 Å². The topological polar surface area (TPSA) is 154 Å². The van der Waals surface area contributed by atoms with Crippen LogP contribution in [0, 0.1) is 94.7 Å². The van der Waals surface area contributed by atoms with Crippen molar-refractivity contribution in [1.29, 1.82) is 0 Å². The third-order valence-corrected chi connectivity index (χ3v) is 16.5. The Morgan fingerprint density at radius 1 is 0.951 bits per heavy atom. The van der Waals surface area contributed by atoms with Crippen LogP contribution < -0.4 is 11.1 Å². The number of nitrogens with one attached hydrogen (secondary N) is 1. The number of ketones is 2. The number of Topliss-reactive ketones (excluding diaryl/α,β-unsaturated/α-hetero) is 2. The van der Waals surface area contributed by atoms with Crippen molar-refractivity contribution in [3.63, 3.8) is 0 Å². The average molecular weight is 847 g/mol. The van der Waals surface area contributed by atoms with Gasteiger partial charge >= 0.3 is 0 Å². The van der Waals surface area contributed by atoms with E-state index in [1.165, 1.54) is 38.0 Å². The van der Waals surface area contributed by atoms with Gasteiger partial charge in [0, 0.05) is 37.2 Å². The lowest BCUT2D eigenvalue weighted by Crippen LogP contribution is -2.46. The van der Waals surface area contributed by atoms with Crippen LogP contribution in [0.25, 0.3) is 0 Å². The number of aliphatic hydroxyl groups excluding tert-OH is 3. The zero-order chi connectivity index (χ0) is 43.8. The Morgan fingerprint density at radius 3 is 2.44 bits per heavy atom. The molecule has 9 nitrogen and oxygen atoms in total. The SMILES string of the molecule is CCCC(C(O)CC1=C[C+](C(C)C)C=N1)C1CC(CC2CCNC(N)C2)CC2C#CC(C3CCCCC3CCC(C)C)C3CC(O)C(OC)CC3CCC(=O)C(O)C(=O)C2C1. The van der Waals surface area contributed by atoms with Gasteiger partial charge in [0.2, 0.25) is 0 Å². The Bertz CT molecular complexity index is 1550. The van der Waals surface area contributed by atoms with Gasteiger partial charge in [0.25, 0.3) is 0 Å². The molecular formula is C52H84N3O6+. The molecule has 61 heavy (non-hydrogen) atoms. The van der Waals surface area contributed by atoms with Crippen LogP contribution in [0.5, 0.6) is 0 Å². The summed E-state index contributed by atoms with van der Waals surface area (Å²) < 4.78 is 5.82. The van der Waals surface area contributed by atoms with Crippen LogP contribution in [0.2, 0.25) is 0 Å². The number of hydrogen-bond donors (Lipinski definition) is 5. The number of carbonyl (C=O) groups is 2. The quantitative estimate of drug-likeness (QED) is 0.0666. The highest BCUT2D eigenvalue weighted by atomic mass is 16.5. The largest absolute Gasteiger partial charge is 0.391 e. The number of rotatable bonds is 14. The maximum atomic E-state index is 14.9. The summed E-state index contributed by atoms with van der Waals surface area (Å²) in [5, 5.41) is 38.9. The first-order chi connectivity index (χ1) is 29.3. The monoisotopic (exact) mass is 847 g/mol. The summed E-state index contributed by atoms with van der Waals surface area (Å²) in [5.41, 5.74) is 7.38. The molecule has 0 aromatic heterocycles. The molecule has 6 rings (SSSR count). The van der Waals surface area contributed by atoms with E-state index < -0.39 is 30.0 Å². The number of carbonyl (C=O) groups excluding carboxylic acids is 2. The molecule has 0 radical (unpaired) electrons. The van der Waals surface area contributed by atoms with Crippen LogP contribution >= 0.6 is 0 Å². The van der Waals surface area contributed by atoms with Crippen molar-refractivity contribution in [2.45, 2.75) is 187 Å². The van der Waals surface area contributed by atoms with E-state index in [-0.39, 0.29) is 65.9 Å². The Hall–Kier alpha value is -2.06. The molecule has 342 valence electrons. The van der Waals surface area contributed by atoms with Gasteiger partial charge in [0.05, 0.1) is 30.9 Å². The molecule has 2 aliphatic heterocycles. The average Bonchev–Trinajstić information content (AvgIpc) is 3.63. The van der Waals surface area contributed by atoms with Gasteiger partial charge in [-0.1, -0.05) is 64.7 Å². The van der Waals surface area contributed by atoms with Gasteiger partial charge in [-0.2, -0.15) is 0 Å². The van der Waals surface area contributed by atoms with Crippen molar-refractivity contribution in [1.82, 2.24) is 5.32 Å². The first kappa shape index (κ1) is 48.4. The predicted octanol–water partition coefficient (Wildman–Crippen LogP) is 8.23. The molecule has 0 aromatic carbocycles. The van der Waals surface area contributed by atoms with E-state index in [0.717, 1.165) is 63.6 Å². The van der Waals surface area contributed by atoms with Crippen molar-refractivity contribution in [2.75, 3.05) is 13.7 Å². The Kier molecular flexibility index (Phi) is 18.0. The third-order valence-electron chi connectivity index (χ3n) is 16.5. The van der Waals surface area contributed by atoms with E-state index in [4.69, 9.17) is 15.5 Å². The van der Waals surface area contributed by atoms with Crippen LogP contribution in [0.15, 0.2) is 16.8 Å². The van der Waals surface area contributed by atoms with Gasteiger partial charge in [0.1, 0.15) is 18.2 Å². The maximum absolute atomic E-state index is 14.9. The number of fused-ring (bicyclic) bond motifs is 2. The highest BCUT2D eigenvalue weighted by Gasteiger charge is 2.47. The summed E-state index contributed by atoms with van der Waals surface area (Å²) in [4.78, 5) is 33.6. The molecule has 6 aliphatic rings. The molecule has 0 amide bonds. The minimum atomic E-state index is -1.69. The number of nitrogens with zero attached hydrogens (tertiary/aromatic N) is 1. The van der Waals surface area contributed by atoms with Gasteiger partial charge in [0.15, 0.2) is 23.4 Å². The molecule has 0 spiro atoms. The molecule has 0 aromatic rings. The summed E-state index contributed by atoms with van der Waals surface area (Å²) >= 11 is 0. The molecule has 9 heteroatoms. The minimum absolute atomic E-state index is 0.0178. The lowest BCUT2D eigenvalue weighted by atomic mass is 9.60. The standard InChI is InChI=1S/C52H84N3O6/c1-7-10-42(47(57)28-40-25-39(30-55-40)32(4)5)38-23-34(21-33-19-20-54-50(53)24-33)22-36-15-17-43(41-12-9-8-11-35(41)14-13-31(2)3)44-29-48(58)49(61-6)27-37(44)16-18-46(56)52(60)51(59)45(36)26-38/h25,30-38,41-45,47-50,52,54,57-58,60H,7-14,16,18-24,26-29,53H2,1-6H3/q+1. The van der Waals surface area contributed by atoms with Crippen molar-refractivity contribution in [3.05, 3.63) is 17.7 Å². The number of ether oxygens (including phenoxy) is 1. The molecule has 6 N–H and O–H groups in total. The van der Waals surface area contributed by atoms with Crippen molar-refractivity contribution >= 4 is 17.8 Å². The highest BCUT2D eigenvalue weighted by Crippen LogP contribution is 2.50. The second-order valence-electron chi connectivity index (χ2n) is 21.5. The molecule has 16 atom stereocenters. The van der Waals surface area contributed by atoms with Gasteiger partial charge in [-0.05, 0) is 151 Å². The molecule has 1 saturated heterocycles. The lowest BCUT2D eigenvalue weighted by Gasteiger charge is -2.46. The van der Waals surface area contributed by atoms with E-state index in [1.807, 2.05) is 6.21 Å². The number of allylic oxidation sites excluding steroid dienone is 1. The van der Waals surface area contributed by atoms with Crippen LogP contribution in [0.4, 0.5) is 0 Å². The summed E-state index contributed by atoms with van der Waals surface area (Å²) in [6.45, 7) is 12.0. The minimum Gasteiger partial charge on any atom is -0.391 e. The van der Waals surface area contributed by atoms with E-state index in [9.17, 15) is 24.9 Å². The lowest BCUT2D eigenvalue weighted by molar-refractivity contribution is -0.142. The second-order valence-corrected chi connectivity index (χ2v) is 21.5. The van der Waals surface area contributed by atoms with E-state index in [2.05, 4.69) is 57.9 Å². The van der Waals surface area contributed by atoms with Gasteiger partial charge in [-0.25, -0.2) is 0 Å². The Morgan fingerprint density at radius 2 is 1.74 bits per heavy atom. The fraction of sp³-hybridized carbons (Fsp3) is 0.846. The summed E-state index contributed by atoms with van der Waals surface area (Å²) in [5.74, 6) is 10.2. The zero-order valence-electron chi connectivity index (χ0n) is 38.8. The van der Waals surface area contributed by atoms with Crippen LogP contribution in [0.1, 0.15) is 157 Å². The van der Waals surface area contributed by atoms with E-state index in [1.54, 1.807) is 7.11 Å². The number of aliphatic hydroxyl groups is 3. The number of aliphatic imine (C=N–C) groups is 1. The highest BCUT2D eigenvalue weighted by molar-refractivity contribution is 6.06. The van der Waals surface area contributed by atoms with Gasteiger partial charge in [-0.15, -0.1) is 4.99 Å². The van der Waals surface area contributed by atoms with Crippen molar-refractivity contribution in [2.24, 2.45) is 87.7 Å². The predicted molar refractivity (Wildman–Crippen MR) is 244 cm³/mol. The Labute approximate surface area is 369 Å². The zero-order valence-corrected chi connectivity index (χ0v) is 38.8. The summed E-state index contributed by atoms with van der Waals surface area (Å²) in [7, 11) is 1.66. The molecule has 16 unspecified atom stereocenters. The fourth-order valence-corrected chi connectivity index (χ4v) is 13.1. The Balaban J connectivity index is 1.42. The molecule has 3 saturated carbocycles. The maximum Gasteiger partial charge on any atom is 0.177 e. The molecular weight excluding hydrogens is 763 g/mol. The number of methoxy groups -OCH3 is 1. The molecule has 0 bridgehead atoms. The van der Waals surface area contributed by atoms with Crippen LogP contribution in [-0.4, -0.2) is 77.3 Å². The van der Waals surface area contributed by atoms with Crippen LogP contribution in [0.3, 0.4) is 0 Å². The first-order valence-electron chi connectivity index (χ1n) is 25.0. The fourth-order valence-electron chi connectivity index (χ4n) is 13.1. The summed E-state index contributed by atoms with van der Waals surface area (Å²) in [6, 6.07) is 0. The van der Waals surface area contributed by atoms with Crippen LogP contribution in [-0.2, 0) is 14.3 Å². The molecule has 4 fully saturated rings. The second kappa shape index (κ2) is 22.7. The smallest absolute Gasteiger partial charge is 0.177 e. The molecule has 4 aliphatic carbocycles. The van der Waals surface area contributed by atoms with Gasteiger partial charge < -0.3 is 31.1 Å². The summed E-state index contributed by atoms with van der Waals surface area (Å²) in [6.07, 6.45) is 17.1. The number of piperidine rings is 1. The van der Waals surface area contributed by atoms with E-state index in [0.29, 0.717) is 61.7 Å². The normalized spacial score (nSPS) is 38.7. The number of nitrogens with two attached hydrogens (primary N) is 1. The van der Waals surface area contributed by atoms with Gasteiger partial charge in [-0.3, -0.25) is 9.59 Å². The van der Waals surface area contributed by atoms with E-state index >= 15 is 0 Å². The first-order valence-corrected chi connectivity index (χ1v) is 25.0. The molecule has 2 heterocycles. The third kappa shape index (κ3) is 12.6.